The molecule has 0 unspecified atom stereocenters. The highest BCUT2D eigenvalue weighted by Gasteiger charge is 2.15. The van der Waals surface area contributed by atoms with E-state index in [2.05, 4.69) is 21.2 Å². The number of amides is 1. The Bertz CT molecular complexity index is 965. The number of carbonyl (C=O) groups is 1. The third kappa shape index (κ3) is 3.77. The van der Waals surface area contributed by atoms with Crippen molar-refractivity contribution in [1.29, 1.82) is 0 Å². The maximum atomic E-state index is 12.3. The van der Waals surface area contributed by atoms with Crippen molar-refractivity contribution < 1.29 is 14.1 Å². The molecule has 3 aromatic rings. The second-order valence-electron chi connectivity index (χ2n) is 5.38. The number of nitrogens with zero attached hydrogens (tertiary/aromatic N) is 1. The van der Waals surface area contributed by atoms with Gasteiger partial charge >= 0.3 is 0 Å². The number of halogens is 1. The van der Waals surface area contributed by atoms with E-state index in [9.17, 15) is 14.9 Å². The fraction of sp³-hybridized carbons (Fsp3) is 0.0556. The van der Waals surface area contributed by atoms with E-state index in [1.807, 2.05) is 19.1 Å². The molecular weight excluding hydrogens is 388 g/mol. The van der Waals surface area contributed by atoms with Gasteiger partial charge in [0.25, 0.3) is 11.6 Å². The summed E-state index contributed by atoms with van der Waals surface area (Å²) in [5, 5.41) is 13.7. The van der Waals surface area contributed by atoms with Crippen LogP contribution >= 0.6 is 15.9 Å². The molecule has 0 saturated carbocycles. The van der Waals surface area contributed by atoms with Crippen LogP contribution in [0.25, 0.3) is 11.3 Å². The Morgan fingerprint density at radius 1 is 1.16 bits per heavy atom. The monoisotopic (exact) mass is 400 g/mol. The van der Waals surface area contributed by atoms with Crippen molar-refractivity contribution in [3.63, 3.8) is 0 Å². The van der Waals surface area contributed by atoms with Crippen LogP contribution in [0, 0.1) is 17.0 Å². The Morgan fingerprint density at radius 3 is 2.68 bits per heavy atom. The van der Waals surface area contributed by atoms with Crippen molar-refractivity contribution in [2.24, 2.45) is 0 Å². The average Bonchev–Trinajstić information content (AvgIpc) is 3.07. The smallest absolute Gasteiger partial charge is 0.291 e. The van der Waals surface area contributed by atoms with Gasteiger partial charge in [0.1, 0.15) is 5.76 Å². The van der Waals surface area contributed by atoms with Crippen molar-refractivity contribution in [3.05, 3.63) is 80.5 Å². The predicted molar refractivity (Wildman–Crippen MR) is 97.6 cm³/mol. The van der Waals surface area contributed by atoms with Gasteiger partial charge in [0, 0.05) is 27.9 Å². The molecule has 126 valence electrons. The summed E-state index contributed by atoms with van der Waals surface area (Å²) in [7, 11) is 0. The zero-order valence-electron chi connectivity index (χ0n) is 13.2. The fourth-order valence-corrected chi connectivity index (χ4v) is 2.81. The first-order valence-corrected chi connectivity index (χ1v) is 8.15. The summed E-state index contributed by atoms with van der Waals surface area (Å²) in [6.07, 6.45) is 0. The lowest BCUT2D eigenvalue weighted by atomic mass is 10.1. The first-order chi connectivity index (χ1) is 11.9. The molecular formula is C18H13BrN2O4. The van der Waals surface area contributed by atoms with Gasteiger partial charge in [-0.1, -0.05) is 28.1 Å². The van der Waals surface area contributed by atoms with Gasteiger partial charge in [-0.25, -0.2) is 0 Å². The molecule has 0 spiro atoms. The van der Waals surface area contributed by atoms with Gasteiger partial charge < -0.3 is 9.73 Å². The SMILES string of the molecule is Cc1cc(Br)ccc1NC(=O)c1ccc(-c2cccc([N+](=O)[O-])c2)o1. The van der Waals surface area contributed by atoms with Crippen LogP contribution in [0.5, 0.6) is 0 Å². The summed E-state index contributed by atoms with van der Waals surface area (Å²) >= 11 is 3.37. The third-order valence-electron chi connectivity index (χ3n) is 3.61. The summed E-state index contributed by atoms with van der Waals surface area (Å²) in [6.45, 7) is 1.89. The van der Waals surface area contributed by atoms with Crippen LogP contribution in [0.1, 0.15) is 16.1 Å². The molecule has 1 amide bonds. The van der Waals surface area contributed by atoms with Crippen molar-refractivity contribution in [2.45, 2.75) is 6.92 Å². The van der Waals surface area contributed by atoms with E-state index in [0.29, 0.717) is 17.0 Å². The van der Waals surface area contributed by atoms with Gasteiger partial charge in [0.05, 0.1) is 4.92 Å². The summed E-state index contributed by atoms with van der Waals surface area (Å²) in [4.78, 5) is 22.7. The molecule has 7 heteroatoms. The number of benzene rings is 2. The largest absolute Gasteiger partial charge is 0.451 e. The van der Waals surface area contributed by atoms with Crippen LogP contribution in [0.3, 0.4) is 0 Å². The Kier molecular flexibility index (Phi) is 4.67. The van der Waals surface area contributed by atoms with E-state index in [1.165, 1.54) is 18.2 Å². The van der Waals surface area contributed by atoms with Gasteiger partial charge in [0.2, 0.25) is 0 Å². The molecule has 2 aromatic carbocycles. The van der Waals surface area contributed by atoms with E-state index in [1.54, 1.807) is 24.3 Å². The number of furan rings is 1. The molecule has 3 rings (SSSR count). The molecule has 0 aliphatic heterocycles. The minimum Gasteiger partial charge on any atom is -0.451 e. The lowest BCUT2D eigenvalue weighted by Gasteiger charge is -2.07. The minimum atomic E-state index is -0.476. The van der Waals surface area contributed by atoms with Crippen molar-refractivity contribution >= 4 is 33.2 Å². The molecule has 1 N–H and O–H groups in total. The van der Waals surface area contributed by atoms with Gasteiger partial charge in [-0.3, -0.25) is 14.9 Å². The molecule has 25 heavy (non-hydrogen) atoms. The second kappa shape index (κ2) is 6.90. The van der Waals surface area contributed by atoms with E-state index in [-0.39, 0.29) is 17.4 Å². The van der Waals surface area contributed by atoms with E-state index < -0.39 is 4.92 Å². The molecule has 0 radical (unpaired) electrons. The van der Waals surface area contributed by atoms with Gasteiger partial charge in [0.15, 0.2) is 5.76 Å². The summed E-state index contributed by atoms with van der Waals surface area (Å²) in [5.74, 6) is 0.132. The summed E-state index contributed by atoms with van der Waals surface area (Å²) in [6, 6.07) is 14.7. The van der Waals surface area contributed by atoms with Gasteiger partial charge in [-0.2, -0.15) is 0 Å². The number of nitrogens with one attached hydrogen (secondary N) is 1. The third-order valence-corrected chi connectivity index (χ3v) is 4.10. The number of carbonyl (C=O) groups excluding carboxylic acids is 1. The number of nitro benzene ring substituents is 1. The zero-order valence-corrected chi connectivity index (χ0v) is 14.7. The maximum absolute atomic E-state index is 12.3. The van der Waals surface area contributed by atoms with Crippen LogP contribution in [0.4, 0.5) is 11.4 Å². The standard InChI is InChI=1S/C18H13BrN2O4/c1-11-9-13(19)5-6-15(11)20-18(22)17-8-7-16(25-17)12-3-2-4-14(10-12)21(23)24/h2-10H,1H3,(H,20,22). The first kappa shape index (κ1) is 16.9. The number of hydrogen-bond donors (Lipinski definition) is 1. The highest BCUT2D eigenvalue weighted by Crippen LogP contribution is 2.26. The quantitative estimate of drug-likeness (QED) is 0.482. The van der Waals surface area contributed by atoms with Crippen LogP contribution in [-0.2, 0) is 0 Å². The van der Waals surface area contributed by atoms with Gasteiger partial charge in [-0.05, 0) is 42.8 Å². The maximum Gasteiger partial charge on any atom is 0.291 e. The molecule has 0 bridgehead atoms. The zero-order chi connectivity index (χ0) is 18.0. The van der Waals surface area contributed by atoms with Crippen molar-refractivity contribution in [2.75, 3.05) is 5.32 Å². The minimum absolute atomic E-state index is 0.0367. The normalized spacial score (nSPS) is 10.5. The Morgan fingerprint density at radius 2 is 1.96 bits per heavy atom. The summed E-state index contributed by atoms with van der Waals surface area (Å²) < 4.78 is 6.48. The van der Waals surface area contributed by atoms with Crippen LogP contribution in [-0.4, -0.2) is 10.8 Å². The number of non-ortho nitro benzene ring substituents is 1. The topological polar surface area (TPSA) is 85.4 Å². The molecule has 0 aliphatic carbocycles. The van der Waals surface area contributed by atoms with Crippen molar-refractivity contribution in [3.8, 4) is 11.3 Å². The molecule has 0 saturated heterocycles. The van der Waals surface area contributed by atoms with E-state index >= 15 is 0 Å². The van der Waals surface area contributed by atoms with Crippen LogP contribution in [0.15, 0.2) is 63.5 Å². The lowest BCUT2D eigenvalue weighted by molar-refractivity contribution is -0.384. The molecule has 0 fully saturated rings. The molecule has 1 aromatic heterocycles. The second-order valence-corrected chi connectivity index (χ2v) is 6.30. The van der Waals surface area contributed by atoms with Gasteiger partial charge in [-0.15, -0.1) is 0 Å². The molecule has 0 aliphatic rings. The van der Waals surface area contributed by atoms with Crippen LogP contribution < -0.4 is 5.32 Å². The number of aryl methyl sites for hydroxylation is 1. The highest BCUT2D eigenvalue weighted by molar-refractivity contribution is 9.10. The Labute approximate surface area is 151 Å². The van der Waals surface area contributed by atoms with E-state index in [0.717, 1.165) is 10.0 Å². The Balaban J connectivity index is 1.82. The first-order valence-electron chi connectivity index (χ1n) is 7.36. The highest BCUT2D eigenvalue weighted by atomic mass is 79.9. The van der Waals surface area contributed by atoms with E-state index in [4.69, 9.17) is 4.42 Å². The number of anilines is 1. The Hall–Kier alpha value is -2.93. The fourth-order valence-electron chi connectivity index (χ4n) is 2.34. The van der Waals surface area contributed by atoms with Crippen molar-refractivity contribution in [1.82, 2.24) is 0 Å². The predicted octanol–water partition coefficient (Wildman–Crippen LogP) is 5.18. The average molecular weight is 401 g/mol. The molecule has 6 nitrogen and oxygen atoms in total. The molecule has 0 atom stereocenters. The number of rotatable bonds is 4. The lowest BCUT2D eigenvalue weighted by Crippen LogP contribution is -2.11. The number of hydrogen-bond acceptors (Lipinski definition) is 4. The number of nitro groups is 1. The van der Waals surface area contributed by atoms with Crippen LogP contribution in [0.2, 0.25) is 0 Å². The summed E-state index contributed by atoms with van der Waals surface area (Å²) in [5.41, 5.74) is 2.09. The molecule has 1 heterocycles.